The number of benzene rings is 3. The molecule has 4 rings (SSSR count). The number of carbonyl (C=O) groups is 2. The fourth-order valence-corrected chi connectivity index (χ4v) is 3.84. The van der Waals surface area contributed by atoms with Gasteiger partial charge in [0.2, 0.25) is 0 Å². The van der Waals surface area contributed by atoms with E-state index in [4.69, 9.17) is 0 Å². The van der Waals surface area contributed by atoms with Crippen LogP contribution in [0, 0.1) is 17.0 Å². The van der Waals surface area contributed by atoms with Crippen molar-refractivity contribution < 1.29 is 14.5 Å². The highest BCUT2D eigenvalue weighted by Crippen LogP contribution is 2.22. The number of aryl methyl sites for hydroxylation is 1. The van der Waals surface area contributed by atoms with Crippen molar-refractivity contribution in [2.24, 2.45) is 0 Å². The Morgan fingerprint density at radius 3 is 2.18 bits per heavy atom. The minimum Gasteiger partial charge on any atom is -0.368 e. The maximum absolute atomic E-state index is 12.6. The van der Waals surface area contributed by atoms with Crippen LogP contribution in [-0.4, -0.2) is 47.8 Å². The molecule has 1 fully saturated rings. The maximum Gasteiger partial charge on any atom is 0.273 e. The number of carbonyl (C=O) groups excluding carboxylic acids is 2. The van der Waals surface area contributed by atoms with E-state index in [0.29, 0.717) is 29.9 Å². The van der Waals surface area contributed by atoms with Gasteiger partial charge in [0, 0.05) is 60.3 Å². The Hall–Kier alpha value is -4.20. The molecule has 1 heterocycles. The van der Waals surface area contributed by atoms with E-state index in [1.165, 1.54) is 6.07 Å². The van der Waals surface area contributed by atoms with E-state index in [2.05, 4.69) is 10.2 Å². The van der Waals surface area contributed by atoms with Crippen molar-refractivity contribution in [3.05, 3.63) is 99.6 Å². The number of hydrogen-bond donors (Lipinski definition) is 1. The summed E-state index contributed by atoms with van der Waals surface area (Å²) >= 11 is 0. The number of piperazine rings is 1. The van der Waals surface area contributed by atoms with Crippen LogP contribution < -0.4 is 10.2 Å². The number of rotatable bonds is 5. The number of anilines is 2. The first kappa shape index (κ1) is 22.0. The quantitative estimate of drug-likeness (QED) is 0.472. The molecule has 0 saturated carbocycles. The van der Waals surface area contributed by atoms with Crippen LogP contribution >= 0.6 is 0 Å². The summed E-state index contributed by atoms with van der Waals surface area (Å²) < 4.78 is 0. The van der Waals surface area contributed by atoms with E-state index >= 15 is 0 Å². The molecule has 1 aliphatic rings. The van der Waals surface area contributed by atoms with Crippen molar-refractivity contribution in [3.63, 3.8) is 0 Å². The average Bonchev–Trinajstić information content (AvgIpc) is 2.85. The molecule has 3 aromatic carbocycles. The number of amides is 2. The Labute approximate surface area is 191 Å². The van der Waals surface area contributed by atoms with Crippen LogP contribution in [0.25, 0.3) is 0 Å². The number of hydrogen-bond acceptors (Lipinski definition) is 5. The predicted molar refractivity (Wildman–Crippen MR) is 127 cm³/mol. The van der Waals surface area contributed by atoms with Gasteiger partial charge in [0.1, 0.15) is 0 Å². The van der Waals surface area contributed by atoms with Gasteiger partial charge in [-0.1, -0.05) is 24.3 Å². The third-order valence-electron chi connectivity index (χ3n) is 5.75. The Kier molecular flexibility index (Phi) is 6.35. The summed E-state index contributed by atoms with van der Waals surface area (Å²) in [5, 5.41) is 13.9. The molecule has 0 spiro atoms. The van der Waals surface area contributed by atoms with Crippen LogP contribution in [-0.2, 0) is 0 Å². The number of nitro groups is 1. The van der Waals surface area contributed by atoms with Crippen molar-refractivity contribution in [1.29, 1.82) is 0 Å². The molecule has 3 aromatic rings. The lowest BCUT2D eigenvalue weighted by atomic mass is 10.1. The topological polar surface area (TPSA) is 95.8 Å². The van der Waals surface area contributed by atoms with Gasteiger partial charge in [-0.3, -0.25) is 19.7 Å². The summed E-state index contributed by atoms with van der Waals surface area (Å²) in [5.74, 6) is -0.358. The van der Waals surface area contributed by atoms with E-state index in [1.807, 2.05) is 47.4 Å². The van der Waals surface area contributed by atoms with Gasteiger partial charge in [-0.15, -0.1) is 0 Å². The van der Waals surface area contributed by atoms with Gasteiger partial charge in [-0.2, -0.15) is 0 Å². The van der Waals surface area contributed by atoms with Gasteiger partial charge in [0.05, 0.1) is 4.92 Å². The molecule has 0 aliphatic carbocycles. The number of nitrogens with zero attached hydrogens (tertiary/aromatic N) is 3. The molecule has 2 amide bonds. The molecular weight excluding hydrogens is 420 g/mol. The van der Waals surface area contributed by atoms with Gasteiger partial charge >= 0.3 is 0 Å². The first-order chi connectivity index (χ1) is 15.9. The standard InChI is InChI=1S/C25H24N4O4/c1-18-7-8-20(17-23(18)29(32)33)24(30)26-21-9-11-22(12-10-21)27-13-15-28(16-14-27)25(31)19-5-3-2-4-6-19/h2-12,17H,13-16H2,1H3,(H,26,30). The third kappa shape index (κ3) is 5.01. The zero-order valence-electron chi connectivity index (χ0n) is 18.2. The second-order valence-electron chi connectivity index (χ2n) is 7.90. The van der Waals surface area contributed by atoms with Gasteiger partial charge in [0.15, 0.2) is 0 Å². The fourth-order valence-electron chi connectivity index (χ4n) is 3.84. The Morgan fingerprint density at radius 1 is 0.879 bits per heavy atom. The van der Waals surface area contributed by atoms with Crippen molar-refractivity contribution in [2.45, 2.75) is 6.92 Å². The molecule has 1 saturated heterocycles. The largest absolute Gasteiger partial charge is 0.368 e. The lowest BCUT2D eigenvalue weighted by molar-refractivity contribution is -0.385. The Bertz CT molecular complexity index is 1170. The van der Waals surface area contributed by atoms with E-state index < -0.39 is 10.8 Å². The molecule has 0 bridgehead atoms. The summed E-state index contributed by atoms with van der Waals surface area (Å²) in [6, 6.07) is 21.2. The third-order valence-corrected chi connectivity index (χ3v) is 5.75. The van der Waals surface area contributed by atoms with E-state index in [-0.39, 0.29) is 17.2 Å². The predicted octanol–water partition coefficient (Wildman–Crippen LogP) is 4.12. The van der Waals surface area contributed by atoms with E-state index in [1.54, 1.807) is 31.2 Å². The highest BCUT2D eigenvalue weighted by atomic mass is 16.6. The Morgan fingerprint density at radius 2 is 1.55 bits per heavy atom. The molecule has 0 atom stereocenters. The summed E-state index contributed by atoms with van der Waals surface area (Å²) in [7, 11) is 0. The molecule has 1 aliphatic heterocycles. The van der Waals surface area contributed by atoms with Crippen molar-refractivity contribution >= 4 is 28.9 Å². The molecule has 33 heavy (non-hydrogen) atoms. The molecule has 0 radical (unpaired) electrons. The van der Waals surface area contributed by atoms with Gasteiger partial charge in [0.25, 0.3) is 17.5 Å². The van der Waals surface area contributed by atoms with Crippen LogP contribution in [0.2, 0.25) is 0 Å². The second kappa shape index (κ2) is 9.52. The fraction of sp³-hybridized carbons (Fsp3) is 0.200. The molecule has 8 nitrogen and oxygen atoms in total. The van der Waals surface area contributed by atoms with E-state index in [9.17, 15) is 19.7 Å². The van der Waals surface area contributed by atoms with Crippen LogP contribution in [0.3, 0.4) is 0 Å². The lowest BCUT2D eigenvalue weighted by Crippen LogP contribution is -2.48. The van der Waals surface area contributed by atoms with Gasteiger partial charge < -0.3 is 15.1 Å². The first-order valence-electron chi connectivity index (χ1n) is 10.7. The van der Waals surface area contributed by atoms with Crippen LogP contribution in [0.4, 0.5) is 17.1 Å². The highest BCUT2D eigenvalue weighted by molar-refractivity contribution is 6.04. The summed E-state index contributed by atoms with van der Waals surface area (Å²) in [6.07, 6.45) is 0. The number of nitro benzene ring substituents is 1. The summed E-state index contributed by atoms with van der Waals surface area (Å²) in [5.41, 5.74) is 2.96. The van der Waals surface area contributed by atoms with Crippen LogP contribution in [0.5, 0.6) is 0 Å². The SMILES string of the molecule is Cc1ccc(C(=O)Nc2ccc(N3CCN(C(=O)c4ccccc4)CC3)cc2)cc1[N+](=O)[O-]. The first-order valence-corrected chi connectivity index (χ1v) is 10.7. The molecule has 0 aromatic heterocycles. The average molecular weight is 444 g/mol. The van der Waals surface area contributed by atoms with E-state index in [0.717, 1.165) is 18.8 Å². The number of nitrogens with one attached hydrogen (secondary N) is 1. The zero-order valence-corrected chi connectivity index (χ0v) is 18.2. The zero-order chi connectivity index (χ0) is 23.4. The minimum atomic E-state index is -0.492. The lowest BCUT2D eigenvalue weighted by Gasteiger charge is -2.36. The van der Waals surface area contributed by atoms with Gasteiger partial charge in [-0.05, 0) is 49.4 Å². The Balaban J connectivity index is 1.35. The second-order valence-corrected chi connectivity index (χ2v) is 7.90. The summed E-state index contributed by atoms with van der Waals surface area (Å²) in [6.45, 7) is 4.35. The highest BCUT2D eigenvalue weighted by Gasteiger charge is 2.22. The smallest absolute Gasteiger partial charge is 0.273 e. The molecular formula is C25H24N4O4. The minimum absolute atomic E-state index is 0.0460. The summed E-state index contributed by atoms with van der Waals surface area (Å²) in [4.78, 5) is 39.8. The van der Waals surface area contributed by atoms with Crippen molar-refractivity contribution in [2.75, 3.05) is 36.4 Å². The van der Waals surface area contributed by atoms with Crippen molar-refractivity contribution in [3.8, 4) is 0 Å². The molecule has 1 N–H and O–H groups in total. The normalized spacial score (nSPS) is 13.5. The van der Waals surface area contributed by atoms with Crippen LogP contribution in [0.1, 0.15) is 26.3 Å². The molecule has 168 valence electrons. The van der Waals surface area contributed by atoms with Gasteiger partial charge in [-0.25, -0.2) is 0 Å². The molecule has 8 heteroatoms. The van der Waals surface area contributed by atoms with Crippen molar-refractivity contribution in [1.82, 2.24) is 4.90 Å². The maximum atomic E-state index is 12.6. The monoisotopic (exact) mass is 444 g/mol. The molecule has 0 unspecified atom stereocenters. The van der Waals surface area contributed by atoms with Crippen LogP contribution in [0.15, 0.2) is 72.8 Å².